The quantitative estimate of drug-likeness (QED) is 0.655. The number of para-hydroxylation sites is 1. The van der Waals surface area contributed by atoms with Crippen LogP contribution in [0.1, 0.15) is 5.56 Å². The molecule has 3 aromatic rings. The summed E-state index contributed by atoms with van der Waals surface area (Å²) >= 11 is 0. The van der Waals surface area contributed by atoms with Gasteiger partial charge in [0.25, 0.3) is 0 Å². The molecule has 0 unspecified atom stereocenters. The zero-order valence-electron chi connectivity index (χ0n) is 16.1. The zero-order valence-corrected chi connectivity index (χ0v) is 16.1. The molecule has 0 atom stereocenters. The van der Waals surface area contributed by atoms with Crippen LogP contribution in [0.3, 0.4) is 0 Å². The second kappa shape index (κ2) is 8.65. The lowest BCUT2D eigenvalue weighted by atomic mass is 10.2. The van der Waals surface area contributed by atoms with Crippen molar-refractivity contribution in [1.29, 1.82) is 0 Å². The molecule has 0 spiro atoms. The van der Waals surface area contributed by atoms with Gasteiger partial charge in [-0.25, -0.2) is 0 Å². The Morgan fingerprint density at radius 3 is 2.39 bits per heavy atom. The third kappa shape index (κ3) is 4.36. The number of nitrogens with zero attached hydrogens (tertiary/aromatic N) is 7. The number of piperazine rings is 1. The van der Waals surface area contributed by atoms with E-state index in [9.17, 15) is 0 Å². The maximum Gasteiger partial charge on any atom is 0.247 e. The molecule has 144 valence electrons. The van der Waals surface area contributed by atoms with Gasteiger partial charge in [-0.1, -0.05) is 18.2 Å². The minimum atomic E-state index is 0.664. The first-order valence-electron chi connectivity index (χ1n) is 9.64. The normalized spacial score (nSPS) is 14.2. The van der Waals surface area contributed by atoms with E-state index >= 15 is 0 Å². The van der Waals surface area contributed by atoms with E-state index in [1.807, 2.05) is 31.6 Å². The molecule has 0 amide bonds. The Labute approximate surface area is 165 Å². The molecule has 28 heavy (non-hydrogen) atoms. The van der Waals surface area contributed by atoms with Gasteiger partial charge in [0.05, 0.1) is 6.20 Å². The number of benzene rings is 1. The molecular formula is C21H25N7. The molecule has 0 radical (unpaired) electrons. The van der Waals surface area contributed by atoms with E-state index in [0.29, 0.717) is 5.95 Å². The smallest absolute Gasteiger partial charge is 0.247 e. The average molecular weight is 375 g/mol. The third-order valence-corrected chi connectivity index (χ3v) is 5.09. The molecule has 4 rings (SSSR count). The molecule has 1 saturated heterocycles. The summed E-state index contributed by atoms with van der Waals surface area (Å²) in [5, 5.41) is 8.42. The summed E-state index contributed by atoms with van der Waals surface area (Å²) in [5.74, 6) is 1.56. The van der Waals surface area contributed by atoms with E-state index in [4.69, 9.17) is 4.98 Å². The molecule has 1 aliphatic rings. The molecule has 7 heteroatoms. The second-order valence-corrected chi connectivity index (χ2v) is 6.95. The molecule has 0 aliphatic carbocycles. The summed E-state index contributed by atoms with van der Waals surface area (Å²) in [5.41, 5.74) is 2.53. The Kier molecular flexibility index (Phi) is 5.61. The van der Waals surface area contributed by atoms with Crippen LogP contribution in [0.25, 0.3) is 0 Å². The van der Waals surface area contributed by atoms with Crippen LogP contribution in [-0.4, -0.2) is 59.9 Å². The Bertz CT molecular complexity index is 864. The van der Waals surface area contributed by atoms with Crippen molar-refractivity contribution in [2.75, 3.05) is 54.5 Å². The van der Waals surface area contributed by atoms with Crippen LogP contribution in [0.15, 0.2) is 61.1 Å². The molecule has 1 aromatic carbocycles. The van der Waals surface area contributed by atoms with Crippen LogP contribution in [0, 0.1) is 0 Å². The van der Waals surface area contributed by atoms with Crippen LogP contribution < -0.4 is 14.7 Å². The van der Waals surface area contributed by atoms with Gasteiger partial charge in [0.1, 0.15) is 0 Å². The SMILES string of the molecule is CN(CCc1ccncc1)c1nncc(N2CCN(c3ccccc3)CC2)n1. The monoisotopic (exact) mass is 375 g/mol. The second-order valence-electron chi connectivity index (χ2n) is 6.95. The Morgan fingerprint density at radius 2 is 1.64 bits per heavy atom. The number of aromatic nitrogens is 4. The first-order valence-corrected chi connectivity index (χ1v) is 9.64. The van der Waals surface area contributed by atoms with E-state index in [2.05, 4.69) is 60.2 Å². The van der Waals surface area contributed by atoms with Gasteiger partial charge in [-0.2, -0.15) is 10.1 Å². The minimum Gasteiger partial charge on any atom is -0.368 e. The number of pyridine rings is 1. The molecule has 0 bridgehead atoms. The summed E-state index contributed by atoms with van der Waals surface area (Å²) in [6.45, 7) is 4.63. The summed E-state index contributed by atoms with van der Waals surface area (Å²) in [6, 6.07) is 14.6. The van der Waals surface area contributed by atoms with Crippen LogP contribution in [-0.2, 0) is 6.42 Å². The van der Waals surface area contributed by atoms with Crippen LogP contribution >= 0.6 is 0 Å². The highest BCUT2D eigenvalue weighted by Crippen LogP contribution is 2.19. The van der Waals surface area contributed by atoms with Crippen LogP contribution in [0.4, 0.5) is 17.5 Å². The van der Waals surface area contributed by atoms with Gasteiger partial charge >= 0.3 is 0 Å². The first kappa shape index (κ1) is 18.2. The highest BCUT2D eigenvalue weighted by Gasteiger charge is 2.19. The van der Waals surface area contributed by atoms with E-state index in [0.717, 1.165) is 45.0 Å². The summed E-state index contributed by atoms with van der Waals surface area (Å²) < 4.78 is 0. The third-order valence-electron chi connectivity index (χ3n) is 5.09. The fourth-order valence-electron chi connectivity index (χ4n) is 3.38. The molecule has 3 heterocycles. The maximum absolute atomic E-state index is 4.75. The number of likely N-dealkylation sites (N-methyl/N-ethyl adjacent to an activating group) is 1. The Hall–Kier alpha value is -3.22. The van der Waals surface area contributed by atoms with Crippen molar-refractivity contribution >= 4 is 17.5 Å². The van der Waals surface area contributed by atoms with Gasteiger partial charge in [0.15, 0.2) is 5.82 Å². The Morgan fingerprint density at radius 1 is 0.929 bits per heavy atom. The highest BCUT2D eigenvalue weighted by molar-refractivity contribution is 5.49. The predicted octanol–water partition coefficient (Wildman–Crippen LogP) is 2.27. The van der Waals surface area contributed by atoms with E-state index in [1.165, 1.54) is 11.3 Å². The summed E-state index contributed by atoms with van der Waals surface area (Å²) in [4.78, 5) is 15.6. The molecule has 1 fully saturated rings. The number of hydrogen-bond donors (Lipinski definition) is 0. The zero-order chi connectivity index (χ0) is 19.2. The number of hydrogen-bond acceptors (Lipinski definition) is 7. The van der Waals surface area contributed by atoms with Crippen LogP contribution in [0.5, 0.6) is 0 Å². The van der Waals surface area contributed by atoms with E-state index in [1.54, 1.807) is 6.20 Å². The number of rotatable bonds is 6. The lowest BCUT2D eigenvalue weighted by molar-refractivity contribution is 0.643. The largest absolute Gasteiger partial charge is 0.368 e. The predicted molar refractivity (Wildman–Crippen MR) is 112 cm³/mol. The van der Waals surface area contributed by atoms with E-state index in [-0.39, 0.29) is 0 Å². The molecule has 0 N–H and O–H groups in total. The first-order chi connectivity index (χ1) is 13.8. The molecule has 1 aliphatic heterocycles. The molecule has 2 aromatic heterocycles. The van der Waals surface area contributed by atoms with Crippen molar-refractivity contribution in [3.8, 4) is 0 Å². The standard InChI is InChI=1S/C21H25N7/c1-26(12-9-18-7-10-22-11-8-18)21-24-20(17-23-25-21)28-15-13-27(14-16-28)19-5-3-2-4-6-19/h2-8,10-11,17H,9,12-16H2,1H3. The number of anilines is 3. The van der Waals surface area contributed by atoms with Crippen molar-refractivity contribution in [2.45, 2.75) is 6.42 Å². The van der Waals surface area contributed by atoms with Crippen molar-refractivity contribution in [1.82, 2.24) is 20.2 Å². The lowest BCUT2D eigenvalue weighted by Gasteiger charge is -2.36. The molecule has 0 saturated carbocycles. The van der Waals surface area contributed by atoms with Gasteiger partial charge in [-0.05, 0) is 36.2 Å². The summed E-state index contributed by atoms with van der Waals surface area (Å²) in [6.07, 6.45) is 6.33. The fourth-order valence-corrected chi connectivity index (χ4v) is 3.38. The fraction of sp³-hybridized carbons (Fsp3) is 0.333. The maximum atomic E-state index is 4.75. The highest BCUT2D eigenvalue weighted by atomic mass is 15.4. The topological polar surface area (TPSA) is 61.3 Å². The van der Waals surface area contributed by atoms with Crippen LogP contribution in [0.2, 0.25) is 0 Å². The van der Waals surface area contributed by atoms with Gasteiger partial charge in [-0.15, -0.1) is 5.10 Å². The van der Waals surface area contributed by atoms with Gasteiger partial charge in [0, 0.05) is 57.9 Å². The van der Waals surface area contributed by atoms with Gasteiger partial charge in [-0.3, -0.25) is 4.98 Å². The van der Waals surface area contributed by atoms with Crippen molar-refractivity contribution < 1.29 is 0 Å². The van der Waals surface area contributed by atoms with E-state index < -0.39 is 0 Å². The van der Waals surface area contributed by atoms with Gasteiger partial charge < -0.3 is 14.7 Å². The molecule has 7 nitrogen and oxygen atoms in total. The minimum absolute atomic E-state index is 0.664. The lowest BCUT2D eigenvalue weighted by Crippen LogP contribution is -2.47. The van der Waals surface area contributed by atoms with Crippen molar-refractivity contribution in [3.63, 3.8) is 0 Å². The molecular weight excluding hydrogens is 350 g/mol. The van der Waals surface area contributed by atoms with Crippen molar-refractivity contribution in [3.05, 3.63) is 66.6 Å². The van der Waals surface area contributed by atoms with Crippen molar-refractivity contribution in [2.24, 2.45) is 0 Å². The Balaban J connectivity index is 1.36. The summed E-state index contributed by atoms with van der Waals surface area (Å²) in [7, 11) is 2.01. The average Bonchev–Trinajstić information content (AvgIpc) is 2.79. The van der Waals surface area contributed by atoms with Gasteiger partial charge in [0.2, 0.25) is 5.95 Å².